The highest BCUT2D eigenvalue weighted by Crippen LogP contribution is 2.16. The first kappa shape index (κ1) is 52.4. The van der Waals surface area contributed by atoms with Gasteiger partial charge in [-0.1, -0.05) is 224 Å². The van der Waals surface area contributed by atoms with E-state index in [1.54, 1.807) is 0 Å². The standard InChI is InChI=1S/C49H92O5/c1-3-5-7-9-11-13-15-17-19-21-22-23-24-25-26-28-29-31-33-35-37-39-41-43-48(51)53-46-47(45-50)54-49(52)44-42-40-38-36-34-32-30-27-20-18-16-14-12-10-8-6-4-2/h12,14,18,20,47,50H,3-11,13,15-17,19,21-46H2,1-2H3/b14-12-,20-18-. The molecule has 0 saturated heterocycles. The molecule has 0 bridgehead atoms. The second-order valence-corrected chi connectivity index (χ2v) is 16.2. The van der Waals surface area contributed by atoms with Crippen molar-refractivity contribution in [2.24, 2.45) is 0 Å². The minimum atomic E-state index is -0.772. The van der Waals surface area contributed by atoms with Crippen LogP contribution in [-0.2, 0) is 19.1 Å². The molecular weight excluding hydrogens is 669 g/mol. The molecule has 0 heterocycles. The third-order valence-corrected chi connectivity index (χ3v) is 10.7. The van der Waals surface area contributed by atoms with Gasteiger partial charge < -0.3 is 14.6 Å². The fourth-order valence-electron chi connectivity index (χ4n) is 7.12. The number of unbranched alkanes of at least 4 members (excludes halogenated alkanes) is 32. The molecule has 0 rings (SSSR count). The van der Waals surface area contributed by atoms with Gasteiger partial charge in [-0.3, -0.25) is 9.59 Å². The van der Waals surface area contributed by atoms with Gasteiger partial charge in [0.05, 0.1) is 6.61 Å². The van der Waals surface area contributed by atoms with Crippen molar-refractivity contribution in [1.29, 1.82) is 0 Å². The zero-order valence-corrected chi connectivity index (χ0v) is 36.3. The van der Waals surface area contributed by atoms with E-state index in [1.165, 1.54) is 180 Å². The number of hydrogen-bond acceptors (Lipinski definition) is 5. The highest BCUT2D eigenvalue weighted by molar-refractivity contribution is 5.70. The number of esters is 2. The lowest BCUT2D eigenvalue weighted by atomic mass is 10.0. The van der Waals surface area contributed by atoms with Crippen LogP contribution >= 0.6 is 0 Å². The number of carbonyl (C=O) groups is 2. The van der Waals surface area contributed by atoms with Crippen molar-refractivity contribution in [2.75, 3.05) is 13.2 Å². The largest absolute Gasteiger partial charge is 0.462 e. The molecule has 0 aromatic rings. The molecule has 0 fully saturated rings. The second-order valence-electron chi connectivity index (χ2n) is 16.2. The number of carbonyl (C=O) groups excluding carboxylic acids is 2. The average molecular weight is 761 g/mol. The van der Waals surface area contributed by atoms with Gasteiger partial charge in [0, 0.05) is 12.8 Å². The normalized spacial score (nSPS) is 12.3. The molecule has 0 aliphatic carbocycles. The van der Waals surface area contributed by atoms with Gasteiger partial charge in [0.25, 0.3) is 0 Å². The summed E-state index contributed by atoms with van der Waals surface area (Å²) in [6, 6.07) is 0. The van der Waals surface area contributed by atoms with Gasteiger partial charge >= 0.3 is 11.9 Å². The summed E-state index contributed by atoms with van der Waals surface area (Å²) in [4.78, 5) is 24.4. The Hall–Kier alpha value is -1.62. The number of rotatable bonds is 44. The molecule has 1 N–H and O–H groups in total. The fraction of sp³-hybridized carbons (Fsp3) is 0.878. The smallest absolute Gasteiger partial charge is 0.306 e. The molecule has 0 aromatic heterocycles. The van der Waals surface area contributed by atoms with E-state index in [0.717, 1.165) is 51.4 Å². The van der Waals surface area contributed by atoms with Gasteiger partial charge in [-0.15, -0.1) is 0 Å². The summed E-state index contributed by atoms with van der Waals surface area (Å²) in [7, 11) is 0. The summed E-state index contributed by atoms with van der Waals surface area (Å²) in [6.45, 7) is 4.14. The highest BCUT2D eigenvalue weighted by Gasteiger charge is 2.16. The van der Waals surface area contributed by atoms with Gasteiger partial charge in [0.1, 0.15) is 6.61 Å². The predicted octanol–water partition coefficient (Wildman–Crippen LogP) is 15.4. The van der Waals surface area contributed by atoms with Crippen molar-refractivity contribution in [3.05, 3.63) is 24.3 Å². The molecule has 54 heavy (non-hydrogen) atoms. The monoisotopic (exact) mass is 761 g/mol. The highest BCUT2D eigenvalue weighted by atomic mass is 16.6. The van der Waals surface area contributed by atoms with Gasteiger partial charge in [0.2, 0.25) is 0 Å². The Morgan fingerprint density at radius 2 is 0.741 bits per heavy atom. The van der Waals surface area contributed by atoms with Crippen LogP contribution in [0.25, 0.3) is 0 Å². The number of ether oxygens (including phenoxy) is 2. The summed E-state index contributed by atoms with van der Waals surface area (Å²) in [5.74, 6) is -0.586. The number of hydrogen-bond donors (Lipinski definition) is 1. The molecule has 0 aliphatic rings. The Labute approximate surface area is 336 Å². The van der Waals surface area contributed by atoms with Crippen molar-refractivity contribution in [3.8, 4) is 0 Å². The Morgan fingerprint density at radius 1 is 0.426 bits per heavy atom. The lowest BCUT2D eigenvalue weighted by Gasteiger charge is -2.15. The van der Waals surface area contributed by atoms with E-state index < -0.39 is 6.10 Å². The van der Waals surface area contributed by atoms with E-state index in [2.05, 4.69) is 38.2 Å². The zero-order valence-electron chi connectivity index (χ0n) is 36.3. The fourth-order valence-corrected chi connectivity index (χ4v) is 7.12. The van der Waals surface area contributed by atoms with Crippen molar-refractivity contribution < 1.29 is 24.2 Å². The van der Waals surface area contributed by atoms with E-state index in [0.29, 0.717) is 12.8 Å². The summed E-state index contributed by atoms with van der Waals surface area (Å²) >= 11 is 0. The lowest BCUT2D eigenvalue weighted by Crippen LogP contribution is -2.28. The topological polar surface area (TPSA) is 72.8 Å². The molecule has 1 unspecified atom stereocenters. The van der Waals surface area contributed by atoms with Gasteiger partial charge in [-0.2, -0.15) is 0 Å². The van der Waals surface area contributed by atoms with Crippen LogP contribution in [0.15, 0.2) is 24.3 Å². The maximum Gasteiger partial charge on any atom is 0.306 e. The Bertz CT molecular complexity index is 821. The molecule has 1 atom stereocenters. The molecule has 0 amide bonds. The molecule has 0 aromatic carbocycles. The third kappa shape index (κ3) is 43.1. The van der Waals surface area contributed by atoms with Crippen LogP contribution in [0, 0.1) is 0 Å². The second kappa shape index (κ2) is 45.8. The van der Waals surface area contributed by atoms with E-state index in [9.17, 15) is 14.7 Å². The molecule has 318 valence electrons. The molecule has 0 saturated carbocycles. The van der Waals surface area contributed by atoms with Crippen LogP contribution in [0.2, 0.25) is 0 Å². The van der Waals surface area contributed by atoms with Gasteiger partial charge in [-0.25, -0.2) is 0 Å². The van der Waals surface area contributed by atoms with E-state index >= 15 is 0 Å². The first-order valence-corrected chi connectivity index (χ1v) is 23.9. The quantitative estimate of drug-likeness (QED) is 0.0380. The molecule has 0 aliphatic heterocycles. The summed E-state index contributed by atoms with van der Waals surface area (Å²) in [5, 5.41) is 9.60. The molecule has 0 radical (unpaired) electrons. The number of aliphatic hydroxyl groups excluding tert-OH is 1. The minimum absolute atomic E-state index is 0.0641. The van der Waals surface area contributed by atoms with Crippen molar-refractivity contribution in [2.45, 2.75) is 264 Å². The molecule has 0 spiro atoms. The molecule has 5 nitrogen and oxygen atoms in total. The van der Waals surface area contributed by atoms with E-state index in [4.69, 9.17) is 9.47 Å². The number of allylic oxidation sites excluding steroid dienone is 4. The number of aliphatic hydroxyl groups is 1. The third-order valence-electron chi connectivity index (χ3n) is 10.7. The first-order chi connectivity index (χ1) is 26.6. The maximum atomic E-state index is 12.2. The molecular formula is C49H92O5. The van der Waals surface area contributed by atoms with Crippen molar-refractivity contribution >= 4 is 11.9 Å². The SMILES string of the molecule is CCCCC/C=C\C/C=C\CCCCCCCCCC(=O)OC(CO)COC(=O)CCCCCCCCCCCCCCCCCCCCCCCCC. The van der Waals surface area contributed by atoms with E-state index in [-0.39, 0.29) is 25.2 Å². The zero-order chi connectivity index (χ0) is 39.3. The van der Waals surface area contributed by atoms with Crippen LogP contribution in [0.4, 0.5) is 0 Å². The predicted molar refractivity (Wildman–Crippen MR) is 233 cm³/mol. The van der Waals surface area contributed by atoms with Crippen LogP contribution in [-0.4, -0.2) is 36.4 Å². The van der Waals surface area contributed by atoms with Crippen molar-refractivity contribution in [3.63, 3.8) is 0 Å². The summed E-state index contributed by atoms with van der Waals surface area (Å²) in [6.07, 6.45) is 55.5. The average Bonchev–Trinajstić information content (AvgIpc) is 3.17. The minimum Gasteiger partial charge on any atom is -0.462 e. The van der Waals surface area contributed by atoms with Gasteiger partial charge in [0.15, 0.2) is 6.10 Å². The van der Waals surface area contributed by atoms with E-state index in [1.807, 2.05) is 0 Å². The van der Waals surface area contributed by atoms with Crippen LogP contribution in [0.5, 0.6) is 0 Å². The Balaban J connectivity index is 3.47. The maximum absolute atomic E-state index is 12.2. The van der Waals surface area contributed by atoms with Crippen LogP contribution in [0.3, 0.4) is 0 Å². The van der Waals surface area contributed by atoms with Crippen LogP contribution in [0.1, 0.15) is 258 Å². The summed E-state index contributed by atoms with van der Waals surface area (Å²) in [5.41, 5.74) is 0. The van der Waals surface area contributed by atoms with Crippen LogP contribution < -0.4 is 0 Å². The Kier molecular flexibility index (Phi) is 44.4. The van der Waals surface area contributed by atoms with Crippen molar-refractivity contribution in [1.82, 2.24) is 0 Å². The Morgan fingerprint density at radius 3 is 1.13 bits per heavy atom. The molecule has 5 heteroatoms. The first-order valence-electron chi connectivity index (χ1n) is 23.9. The summed E-state index contributed by atoms with van der Waals surface area (Å²) < 4.78 is 10.7. The van der Waals surface area contributed by atoms with Gasteiger partial charge in [-0.05, 0) is 44.9 Å². The lowest BCUT2D eigenvalue weighted by molar-refractivity contribution is -0.161.